The molecule has 10 heteroatoms. The topological polar surface area (TPSA) is 118 Å². The summed E-state index contributed by atoms with van der Waals surface area (Å²) in [5.41, 5.74) is 3.05. The van der Waals surface area contributed by atoms with Crippen LogP contribution in [0.3, 0.4) is 0 Å². The number of nitrogens with one attached hydrogen (secondary N) is 3. The summed E-state index contributed by atoms with van der Waals surface area (Å²) < 4.78 is 26.3. The van der Waals surface area contributed by atoms with E-state index in [1.54, 1.807) is 26.0 Å². The van der Waals surface area contributed by atoms with E-state index in [1.807, 2.05) is 0 Å². The maximum absolute atomic E-state index is 15.5. The highest BCUT2D eigenvalue weighted by Gasteiger charge is 2.30. The van der Waals surface area contributed by atoms with Crippen molar-refractivity contribution in [1.82, 2.24) is 25.6 Å². The molecule has 2 saturated carbocycles. The number of carbonyl (C=O) groups excluding carboxylic acids is 2. The first-order valence-electron chi connectivity index (χ1n) is 12.7. The highest BCUT2D eigenvalue weighted by Crippen LogP contribution is 2.39. The Bertz CT molecular complexity index is 1340. The first-order valence-corrected chi connectivity index (χ1v) is 12.7. The lowest BCUT2D eigenvalue weighted by Gasteiger charge is -2.15. The Morgan fingerprint density at radius 3 is 2.59 bits per heavy atom. The van der Waals surface area contributed by atoms with E-state index in [-0.39, 0.29) is 36.1 Å². The second-order valence-electron chi connectivity index (χ2n) is 10.1. The van der Waals surface area contributed by atoms with Crippen LogP contribution in [-0.2, 0) is 9.53 Å². The zero-order chi connectivity index (χ0) is 26.1. The van der Waals surface area contributed by atoms with Crippen LogP contribution < -0.4 is 15.4 Å². The zero-order valence-electron chi connectivity index (χ0n) is 21.3. The van der Waals surface area contributed by atoms with E-state index in [4.69, 9.17) is 9.47 Å². The Morgan fingerprint density at radius 2 is 1.86 bits per heavy atom. The number of H-pyrrole nitrogens is 1. The number of aromatic amines is 1. The Labute approximate surface area is 214 Å². The van der Waals surface area contributed by atoms with E-state index in [9.17, 15) is 9.59 Å². The van der Waals surface area contributed by atoms with Crippen molar-refractivity contribution >= 4 is 22.8 Å². The van der Waals surface area contributed by atoms with Gasteiger partial charge in [-0.1, -0.05) is 6.07 Å². The monoisotopic (exact) mass is 509 g/mol. The molecule has 0 spiro atoms. The van der Waals surface area contributed by atoms with Gasteiger partial charge in [0.15, 0.2) is 0 Å². The number of carbonyl (C=O) groups is 2. The van der Waals surface area contributed by atoms with Crippen LogP contribution in [-0.4, -0.2) is 59.2 Å². The van der Waals surface area contributed by atoms with Gasteiger partial charge in [0.05, 0.1) is 23.3 Å². The normalized spacial score (nSPS) is 19.2. The van der Waals surface area contributed by atoms with Crippen LogP contribution in [0.2, 0.25) is 0 Å². The molecule has 9 nitrogen and oxygen atoms in total. The average molecular weight is 510 g/mol. The molecular formula is C27H32FN5O4. The number of hydrogen-bond acceptors (Lipinski definition) is 6. The first-order chi connectivity index (χ1) is 17.9. The lowest BCUT2D eigenvalue weighted by Crippen LogP contribution is -2.38. The second-order valence-corrected chi connectivity index (χ2v) is 10.1. The number of hydrogen-bond donors (Lipinski definition) is 3. The number of aryl methyl sites for hydroxylation is 2. The van der Waals surface area contributed by atoms with Gasteiger partial charge in [-0.2, -0.15) is 0 Å². The van der Waals surface area contributed by atoms with Crippen LogP contribution in [0, 0.1) is 25.6 Å². The summed E-state index contributed by atoms with van der Waals surface area (Å²) in [6, 6.07) is 3.38. The van der Waals surface area contributed by atoms with Crippen LogP contribution in [0.4, 0.5) is 4.39 Å². The van der Waals surface area contributed by atoms with E-state index in [0.717, 1.165) is 25.7 Å². The number of amides is 2. The molecule has 3 N–H and O–H groups in total. The highest BCUT2D eigenvalue weighted by atomic mass is 19.1. The summed E-state index contributed by atoms with van der Waals surface area (Å²) in [4.78, 5) is 37.2. The quantitative estimate of drug-likeness (QED) is 0.406. The van der Waals surface area contributed by atoms with Gasteiger partial charge in [0.25, 0.3) is 5.91 Å². The molecule has 2 aliphatic carbocycles. The molecule has 2 unspecified atom stereocenters. The largest absolute Gasteiger partial charge is 0.492 e. The molecule has 2 fully saturated rings. The van der Waals surface area contributed by atoms with Gasteiger partial charge in [0.1, 0.15) is 35.7 Å². The predicted molar refractivity (Wildman–Crippen MR) is 136 cm³/mol. The number of aromatic nitrogens is 3. The molecule has 37 heavy (non-hydrogen) atoms. The molecular weight excluding hydrogens is 477 g/mol. The molecule has 0 bridgehead atoms. The maximum atomic E-state index is 15.5. The van der Waals surface area contributed by atoms with Crippen molar-refractivity contribution in [3.05, 3.63) is 41.1 Å². The molecule has 196 valence electrons. The summed E-state index contributed by atoms with van der Waals surface area (Å²) in [7, 11) is 1.48. The van der Waals surface area contributed by atoms with Gasteiger partial charge in [-0.3, -0.25) is 9.59 Å². The van der Waals surface area contributed by atoms with Crippen LogP contribution in [0.1, 0.15) is 53.7 Å². The minimum Gasteiger partial charge on any atom is -0.492 e. The summed E-state index contributed by atoms with van der Waals surface area (Å²) >= 11 is 0. The third kappa shape index (κ3) is 5.29. The number of ether oxygens (including phenoxy) is 2. The number of methoxy groups -OCH3 is 1. The van der Waals surface area contributed by atoms with Crippen LogP contribution in [0.5, 0.6) is 5.75 Å². The highest BCUT2D eigenvalue weighted by molar-refractivity contribution is 6.09. The molecule has 5 rings (SSSR count). The van der Waals surface area contributed by atoms with Crippen molar-refractivity contribution in [3.63, 3.8) is 0 Å². The Hall–Kier alpha value is -3.53. The number of halogens is 1. The molecule has 3 aromatic rings. The van der Waals surface area contributed by atoms with Crippen molar-refractivity contribution < 1.29 is 23.5 Å². The van der Waals surface area contributed by atoms with Crippen molar-refractivity contribution in [3.8, 4) is 17.0 Å². The predicted octanol–water partition coefficient (Wildman–Crippen LogP) is 3.58. The van der Waals surface area contributed by atoms with Gasteiger partial charge in [-0.15, -0.1) is 0 Å². The van der Waals surface area contributed by atoms with E-state index in [2.05, 4.69) is 25.6 Å². The smallest absolute Gasteiger partial charge is 0.255 e. The fourth-order valence-corrected chi connectivity index (χ4v) is 4.99. The molecule has 2 amide bonds. The minimum absolute atomic E-state index is 0.00991. The number of nitrogens with zero attached hydrogens (tertiary/aromatic N) is 2. The Morgan fingerprint density at radius 1 is 1.11 bits per heavy atom. The van der Waals surface area contributed by atoms with E-state index >= 15 is 4.39 Å². The van der Waals surface area contributed by atoms with Gasteiger partial charge in [0.2, 0.25) is 5.91 Å². The molecule has 2 heterocycles. The van der Waals surface area contributed by atoms with Gasteiger partial charge in [-0.25, -0.2) is 14.4 Å². The summed E-state index contributed by atoms with van der Waals surface area (Å²) in [5, 5.41) is 6.01. The molecule has 2 aromatic heterocycles. The molecule has 2 aliphatic rings. The molecule has 0 aliphatic heterocycles. The molecule has 1 aromatic carbocycles. The van der Waals surface area contributed by atoms with Gasteiger partial charge in [0, 0.05) is 24.9 Å². The summed E-state index contributed by atoms with van der Waals surface area (Å²) in [6.07, 6.45) is 5.76. The van der Waals surface area contributed by atoms with Gasteiger partial charge >= 0.3 is 0 Å². The van der Waals surface area contributed by atoms with Gasteiger partial charge < -0.3 is 25.1 Å². The van der Waals surface area contributed by atoms with Crippen molar-refractivity contribution in [1.29, 1.82) is 0 Å². The Balaban J connectivity index is 1.41. The molecule has 2 atom stereocenters. The Kier molecular flexibility index (Phi) is 7.10. The van der Waals surface area contributed by atoms with E-state index < -0.39 is 5.82 Å². The van der Waals surface area contributed by atoms with Crippen LogP contribution in [0.25, 0.3) is 22.3 Å². The van der Waals surface area contributed by atoms with Crippen molar-refractivity contribution in [2.75, 3.05) is 20.3 Å². The number of rotatable bonds is 9. The molecule has 0 radical (unpaired) electrons. The summed E-state index contributed by atoms with van der Waals surface area (Å²) in [5.74, 6) is 0.103. The van der Waals surface area contributed by atoms with Crippen LogP contribution >= 0.6 is 0 Å². The van der Waals surface area contributed by atoms with Crippen LogP contribution in [0.15, 0.2) is 18.5 Å². The van der Waals surface area contributed by atoms with Crippen molar-refractivity contribution in [2.24, 2.45) is 5.92 Å². The SMILES string of the molecule is COCC(=O)NC1CCC(NC(=O)c2c(C)[nH]c3c(-c4c(OCC5CC5)ccc(C)c4F)ncnc23)C1. The fourth-order valence-electron chi connectivity index (χ4n) is 4.99. The molecule has 0 saturated heterocycles. The lowest BCUT2D eigenvalue weighted by atomic mass is 10.0. The average Bonchev–Trinajstić information content (AvgIpc) is 3.49. The number of benzene rings is 1. The summed E-state index contributed by atoms with van der Waals surface area (Å²) in [6.45, 7) is 4.04. The second kappa shape index (κ2) is 10.5. The maximum Gasteiger partial charge on any atom is 0.255 e. The van der Waals surface area contributed by atoms with Crippen molar-refractivity contribution in [2.45, 2.75) is 58.0 Å². The van der Waals surface area contributed by atoms with E-state index in [1.165, 1.54) is 13.4 Å². The third-order valence-electron chi connectivity index (χ3n) is 7.11. The van der Waals surface area contributed by atoms with E-state index in [0.29, 0.717) is 58.2 Å². The third-order valence-corrected chi connectivity index (χ3v) is 7.11. The standard InChI is InChI=1S/C27H32FN5O4/c1-14-4-9-19(37-11-16-5-6-16)22(23(14)28)25-26-24(29-13-30-25)21(15(2)31-26)27(35)33-18-8-7-17(10-18)32-20(34)12-36-3/h4,9,13,16-18,31H,5-8,10-12H2,1-3H3,(H,32,34)(H,33,35). The lowest BCUT2D eigenvalue weighted by molar-refractivity contribution is -0.125. The number of fused-ring (bicyclic) bond motifs is 1. The first kappa shape index (κ1) is 25.1. The zero-order valence-corrected chi connectivity index (χ0v) is 21.3. The van der Waals surface area contributed by atoms with Gasteiger partial charge in [-0.05, 0) is 63.5 Å². The minimum atomic E-state index is -0.404. The fraction of sp³-hybridized carbons (Fsp3) is 0.481.